The molecule has 0 aromatic heterocycles. The second-order valence-electron chi connectivity index (χ2n) is 7.98. The molecular weight excluding hydrogens is 453 g/mol. The van der Waals surface area contributed by atoms with E-state index in [-0.39, 0.29) is 29.6 Å². The summed E-state index contributed by atoms with van der Waals surface area (Å²) >= 11 is 3.18. The van der Waals surface area contributed by atoms with Gasteiger partial charge < -0.3 is 4.74 Å². The normalized spacial score (nSPS) is 21.1. The number of amides is 2. The lowest BCUT2D eigenvalue weighted by molar-refractivity contribution is -0.142. The van der Waals surface area contributed by atoms with Gasteiger partial charge in [0.25, 0.3) is 0 Å². The number of carbonyl (C=O) groups is 2. The van der Waals surface area contributed by atoms with E-state index in [1.165, 1.54) is 18.2 Å². The zero-order valence-corrected chi connectivity index (χ0v) is 19.0. The number of carbonyl (C=O) groups excluding carboxylic acids is 2. The Bertz CT molecular complexity index is 884. The van der Waals surface area contributed by atoms with Crippen molar-refractivity contribution in [2.24, 2.45) is 16.8 Å². The van der Waals surface area contributed by atoms with Crippen LogP contribution in [-0.2, 0) is 9.53 Å². The van der Waals surface area contributed by atoms with E-state index in [9.17, 15) is 14.0 Å². The standard InChI is InChI=1S/C22H27BrFN3O3/c1-13(2)27(26-22(29)30-3)21(28)17-7-5-4-6-16(17)20-11-15(12-25-20)14-8-9-18(23)19(24)10-14/h8-10,12-13,16-17H,4-7,11H2,1-3H3,(H,26,29)/t16-,17?/m1/s1. The van der Waals surface area contributed by atoms with E-state index in [0.29, 0.717) is 10.9 Å². The van der Waals surface area contributed by atoms with E-state index in [0.717, 1.165) is 42.5 Å². The van der Waals surface area contributed by atoms with Crippen LogP contribution in [-0.4, -0.2) is 35.9 Å². The van der Waals surface area contributed by atoms with Crippen LogP contribution in [0.2, 0.25) is 0 Å². The highest BCUT2D eigenvalue weighted by molar-refractivity contribution is 9.10. The molecule has 0 bridgehead atoms. The predicted molar refractivity (Wildman–Crippen MR) is 117 cm³/mol. The molecule has 30 heavy (non-hydrogen) atoms. The van der Waals surface area contributed by atoms with Gasteiger partial charge in [0, 0.05) is 36.2 Å². The summed E-state index contributed by atoms with van der Waals surface area (Å²) in [5, 5.41) is 1.36. The van der Waals surface area contributed by atoms with Gasteiger partial charge in [-0.3, -0.25) is 9.79 Å². The number of ether oxygens (including phenoxy) is 1. The predicted octanol–water partition coefficient (Wildman–Crippen LogP) is 5.09. The smallest absolute Gasteiger partial charge is 0.425 e. The molecule has 0 saturated heterocycles. The molecule has 1 unspecified atom stereocenters. The first-order chi connectivity index (χ1) is 14.3. The van der Waals surface area contributed by atoms with Gasteiger partial charge in [-0.1, -0.05) is 18.9 Å². The van der Waals surface area contributed by atoms with Gasteiger partial charge in [-0.25, -0.2) is 19.6 Å². The number of aliphatic imine (C=N–C) groups is 1. The molecule has 6 nitrogen and oxygen atoms in total. The Balaban J connectivity index is 1.75. The molecule has 2 atom stereocenters. The van der Waals surface area contributed by atoms with Gasteiger partial charge in [-0.05, 0) is 65.9 Å². The average Bonchev–Trinajstić information content (AvgIpc) is 3.23. The first-order valence-electron chi connectivity index (χ1n) is 10.2. The third kappa shape index (κ3) is 4.91. The first-order valence-corrected chi connectivity index (χ1v) is 11.0. The van der Waals surface area contributed by atoms with E-state index < -0.39 is 6.09 Å². The zero-order valence-electron chi connectivity index (χ0n) is 17.5. The van der Waals surface area contributed by atoms with E-state index in [1.54, 1.807) is 12.3 Å². The fourth-order valence-corrected chi connectivity index (χ4v) is 4.38. The number of hydrogen-bond donors (Lipinski definition) is 1. The minimum absolute atomic E-state index is 0.000919. The summed E-state index contributed by atoms with van der Waals surface area (Å²) < 4.78 is 19.0. The topological polar surface area (TPSA) is 71.0 Å². The van der Waals surface area contributed by atoms with E-state index in [4.69, 9.17) is 0 Å². The minimum atomic E-state index is -0.663. The van der Waals surface area contributed by atoms with Crippen LogP contribution in [0.5, 0.6) is 0 Å². The molecule has 1 saturated carbocycles. The number of nitrogens with zero attached hydrogens (tertiary/aromatic N) is 2. The summed E-state index contributed by atoms with van der Waals surface area (Å²) in [5.74, 6) is -0.688. The van der Waals surface area contributed by atoms with E-state index >= 15 is 0 Å². The first kappa shape index (κ1) is 22.5. The SMILES string of the molecule is COC(=O)NN(C(=O)C1CCCC[C@H]1C1=NC=C(c2ccc(Br)c(F)c2)C1)C(C)C. The van der Waals surface area contributed by atoms with E-state index in [2.05, 4.69) is 31.1 Å². The maximum absolute atomic E-state index is 13.9. The van der Waals surface area contributed by atoms with Crippen molar-refractivity contribution in [3.63, 3.8) is 0 Å². The molecule has 1 aromatic carbocycles. The van der Waals surface area contributed by atoms with Gasteiger partial charge in [0.2, 0.25) is 5.91 Å². The lowest BCUT2D eigenvalue weighted by atomic mass is 9.74. The average molecular weight is 480 g/mol. The summed E-state index contributed by atoms with van der Waals surface area (Å²) in [4.78, 5) is 29.7. The van der Waals surface area contributed by atoms with Crippen molar-refractivity contribution < 1.29 is 18.7 Å². The van der Waals surface area contributed by atoms with Crippen molar-refractivity contribution in [2.75, 3.05) is 7.11 Å². The second-order valence-corrected chi connectivity index (χ2v) is 8.84. The van der Waals surface area contributed by atoms with Crippen molar-refractivity contribution in [3.8, 4) is 0 Å². The maximum atomic E-state index is 13.9. The number of hydrogen-bond acceptors (Lipinski definition) is 4. The van der Waals surface area contributed by atoms with Crippen LogP contribution in [0.25, 0.3) is 5.57 Å². The Hall–Kier alpha value is -2.22. The largest absolute Gasteiger partial charge is 0.452 e. The molecule has 1 heterocycles. The van der Waals surface area contributed by atoms with Crippen LogP contribution in [0, 0.1) is 17.7 Å². The summed E-state index contributed by atoms with van der Waals surface area (Å²) in [6.45, 7) is 3.70. The van der Waals surface area contributed by atoms with Crippen LogP contribution in [0.1, 0.15) is 51.5 Å². The number of allylic oxidation sites excluding steroid dienone is 1. The molecule has 162 valence electrons. The van der Waals surface area contributed by atoms with Crippen LogP contribution < -0.4 is 5.43 Å². The highest BCUT2D eigenvalue weighted by Crippen LogP contribution is 2.38. The van der Waals surface area contributed by atoms with Gasteiger partial charge in [-0.2, -0.15) is 0 Å². The Morgan fingerprint density at radius 3 is 2.70 bits per heavy atom. The molecule has 0 radical (unpaired) electrons. The van der Waals surface area contributed by atoms with Crippen molar-refractivity contribution in [3.05, 3.63) is 40.3 Å². The monoisotopic (exact) mass is 479 g/mol. The van der Waals surface area contributed by atoms with Crippen LogP contribution in [0.4, 0.5) is 9.18 Å². The van der Waals surface area contributed by atoms with Crippen LogP contribution in [0.15, 0.2) is 33.9 Å². The summed E-state index contributed by atoms with van der Waals surface area (Å²) in [5.41, 5.74) is 5.24. The molecule has 3 rings (SSSR count). The third-order valence-electron chi connectivity index (χ3n) is 5.71. The van der Waals surface area contributed by atoms with Gasteiger partial charge in [0.15, 0.2) is 0 Å². The summed E-state index contributed by atoms with van der Waals surface area (Å²) in [6, 6.07) is 4.85. The Kier molecular flexibility index (Phi) is 7.28. The van der Waals surface area contributed by atoms with Gasteiger partial charge in [0.05, 0.1) is 11.6 Å². The molecule has 2 aliphatic rings. The van der Waals surface area contributed by atoms with Crippen LogP contribution >= 0.6 is 15.9 Å². The van der Waals surface area contributed by atoms with E-state index in [1.807, 2.05) is 19.9 Å². The summed E-state index contributed by atoms with van der Waals surface area (Å²) in [6.07, 6.45) is 5.32. The minimum Gasteiger partial charge on any atom is -0.452 e. The highest BCUT2D eigenvalue weighted by Gasteiger charge is 2.38. The Labute approximate surface area is 184 Å². The molecule has 2 amide bonds. The van der Waals surface area contributed by atoms with Crippen LogP contribution in [0.3, 0.4) is 0 Å². The van der Waals surface area contributed by atoms with Gasteiger partial charge >= 0.3 is 6.09 Å². The van der Waals surface area contributed by atoms with Gasteiger partial charge in [-0.15, -0.1) is 0 Å². The molecule has 1 aliphatic heterocycles. The maximum Gasteiger partial charge on any atom is 0.425 e. The molecule has 0 spiro atoms. The third-order valence-corrected chi connectivity index (χ3v) is 6.35. The number of methoxy groups -OCH3 is 1. The Morgan fingerprint density at radius 1 is 1.30 bits per heavy atom. The molecule has 1 aromatic rings. The van der Waals surface area contributed by atoms with Crippen molar-refractivity contribution in [1.29, 1.82) is 0 Å². The van der Waals surface area contributed by atoms with Crippen molar-refractivity contribution >= 4 is 39.2 Å². The molecular formula is C22H27BrFN3O3. The number of nitrogens with one attached hydrogen (secondary N) is 1. The fraction of sp³-hybridized carbons (Fsp3) is 0.500. The number of hydrazine groups is 1. The fourth-order valence-electron chi connectivity index (χ4n) is 4.13. The zero-order chi connectivity index (χ0) is 21.8. The molecule has 1 N–H and O–H groups in total. The van der Waals surface area contributed by atoms with Crippen molar-refractivity contribution in [1.82, 2.24) is 10.4 Å². The summed E-state index contributed by atoms with van der Waals surface area (Å²) in [7, 11) is 1.27. The second kappa shape index (κ2) is 9.73. The molecule has 8 heteroatoms. The number of rotatable bonds is 4. The lowest BCUT2D eigenvalue weighted by Gasteiger charge is -2.36. The molecule has 1 aliphatic carbocycles. The quantitative estimate of drug-likeness (QED) is 0.611. The van der Waals surface area contributed by atoms with Crippen molar-refractivity contribution in [2.45, 2.75) is 52.0 Å². The molecule has 1 fully saturated rings. The number of benzene rings is 1. The number of halogens is 2. The Morgan fingerprint density at radius 2 is 2.03 bits per heavy atom. The lowest BCUT2D eigenvalue weighted by Crippen LogP contribution is -2.54. The highest BCUT2D eigenvalue weighted by atomic mass is 79.9. The van der Waals surface area contributed by atoms with Gasteiger partial charge in [0.1, 0.15) is 5.82 Å².